The van der Waals surface area contributed by atoms with Gasteiger partial charge in [0.2, 0.25) is 5.82 Å². The molecule has 32 heavy (non-hydrogen) atoms. The highest BCUT2D eigenvalue weighted by Crippen LogP contribution is 2.26. The van der Waals surface area contributed by atoms with Gasteiger partial charge in [0.1, 0.15) is 19.3 Å². The van der Waals surface area contributed by atoms with Crippen molar-refractivity contribution in [2.45, 2.75) is 39.3 Å². The lowest BCUT2D eigenvalue weighted by molar-refractivity contribution is -0.145. The van der Waals surface area contributed by atoms with Crippen LogP contribution < -0.4 is 15.0 Å². The van der Waals surface area contributed by atoms with Gasteiger partial charge < -0.3 is 29.2 Å². The van der Waals surface area contributed by atoms with Gasteiger partial charge in [-0.05, 0) is 27.7 Å². The summed E-state index contributed by atoms with van der Waals surface area (Å²) < 4.78 is 29.8. The fourth-order valence-corrected chi connectivity index (χ4v) is 3.04. The summed E-state index contributed by atoms with van der Waals surface area (Å²) in [5.74, 6) is -0.828. The second-order valence-corrected chi connectivity index (χ2v) is 8.66. The van der Waals surface area contributed by atoms with Crippen molar-refractivity contribution >= 4 is 35.3 Å². The molecule has 1 fully saturated rings. The maximum atomic E-state index is 12.2. The van der Waals surface area contributed by atoms with E-state index in [9.17, 15) is 14.4 Å². The normalized spacial score (nSPS) is 15.4. The van der Waals surface area contributed by atoms with Gasteiger partial charge >= 0.3 is 11.9 Å². The maximum absolute atomic E-state index is 12.2. The summed E-state index contributed by atoms with van der Waals surface area (Å²) in [6.45, 7) is 9.85. The summed E-state index contributed by atoms with van der Waals surface area (Å²) in [4.78, 5) is 36.6. The summed E-state index contributed by atoms with van der Waals surface area (Å²) in [6, 6.07) is 0. The number of hydrogen-bond donors (Lipinski definition) is 1. The average molecular weight is 471 g/mol. The number of aromatic nitrogens is 2. The summed E-state index contributed by atoms with van der Waals surface area (Å²) >= 11 is 1.04. The Morgan fingerprint density at radius 1 is 1.19 bits per heavy atom. The third-order valence-corrected chi connectivity index (χ3v) is 4.58. The Kier molecular flexibility index (Phi) is 10.0. The molecule has 0 spiro atoms. The molecule has 2 heterocycles. The number of anilines is 1. The monoisotopic (exact) mass is 470 g/mol. The minimum Gasteiger partial charge on any atom is -0.470 e. The van der Waals surface area contributed by atoms with Crippen LogP contribution in [0.15, 0.2) is 12.2 Å². The van der Waals surface area contributed by atoms with Crippen LogP contribution in [0.3, 0.4) is 0 Å². The van der Waals surface area contributed by atoms with E-state index in [0.29, 0.717) is 44.5 Å². The lowest BCUT2D eigenvalue weighted by Gasteiger charge is -2.27. The van der Waals surface area contributed by atoms with Gasteiger partial charge in [-0.3, -0.25) is 4.79 Å². The molecule has 1 saturated heterocycles. The standard InChI is InChI=1S/C20H30N4O7S/c1-14(25)12-29-16(26)5-6-17(27)31-15(11-21-20(2,3)4)13-30-19-18(22-32-23-19)24-7-9-28-10-8-24/h5-6,15,21H,7-13H2,1-4H3/b6-5+/t15-/m0/s1. The fourth-order valence-electron chi connectivity index (χ4n) is 2.52. The van der Waals surface area contributed by atoms with Gasteiger partial charge in [-0.1, -0.05) is 0 Å². The minimum atomic E-state index is -0.804. The van der Waals surface area contributed by atoms with Gasteiger partial charge in [0.15, 0.2) is 5.78 Å². The third-order valence-electron chi connectivity index (χ3n) is 4.07. The second-order valence-electron chi connectivity index (χ2n) is 8.14. The second kappa shape index (κ2) is 12.5. The molecule has 0 aliphatic carbocycles. The van der Waals surface area contributed by atoms with Crippen molar-refractivity contribution in [3.63, 3.8) is 0 Å². The van der Waals surface area contributed by atoms with Crippen molar-refractivity contribution < 1.29 is 33.3 Å². The Hall–Kier alpha value is -2.57. The highest BCUT2D eigenvalue weighted by atomic mass is 32.1. The Balaban J connectivity index is 1.95. The number of rotatable bonds is 11. The molecule has 12 heteroatoms. The third kappa shape index (κ3) is 9.71. The smallest absolute Gasteiger partial charge is 0.331 e. The summed E-state index contributed by atoms with van der Waals surface area (Å²) in [6.07, 6.45) is 1.22. The quantitative estimate of drug-likeness (QED) is 0.363. The largest absolute Gasteiger partial charge is 0.470 e. The van der Waals surface area contributed by atoms with E-state index in [1.165, 1.54) is 6.92 Å². The molecule has 1 aromatic heterocycles. The molecular weight excluding hydrogens is 440 g/mol. The molecule has 1 atom stereocenters. The van der Waals surface area contributed by atoms with Crippen molar-refractivity contribution in [1.29, 1.82) is 0 Å². The number of carbonyl (C=O) groups excluding carboxylic acids is 3. The van der Waals surface area contributed by atoms with Crippen LogP contribution in [0, 0.1) is 0 Å². The lowest BCUT2D eigenvalue weighted by Crippen LogP contribution is -2.44. The van der Waals surface area contributed by atoms with Crippen molar-refractivity contribution in [3.05, 3.63) is 12.2 Å². The van der Waals surface area contributed by atoms with Gasteiger partial charge in [-0.25, -0.2) is 9.59 Å². The van der Waals surface area contributed by atoms with Crippen LogP contribution in [0.4, 0.5) is 5.82 Å². The van der Waals surface area contributed by atoms with E-state index in [1.807, 2.05) is 25.7 Å². The number of ketones is 1. The van der Waals surface area contributed by atoms with E-state index in [0.717, 1.165) is 23.9 Å². The molecular formula is C20H30N4O7S. The van der Waals surface area contributed by atoms with E-state index >= 15 is 0 Å². The molecule has 2 rings (SSSR count). The van der Waals surface area contributed by atoms with Gasteiger partial charge in [0, 0.05) is 37.3 Å². The van der Waals surface area contributed by atoms with E-state index in [1.54, 1.807) is 0 Å². The Morgan fingerprint density at radius 2 is 1.88 bits per heavy atom. The molecule has 0 aromatic carbocycles. The predicted octanol–water partition coefficient (Wildman–Crippen LogP) is 0.742. The summed E-state index contributed by atoms with van der Waals surface area (Å²) in [5, 5.41) is 3.26. The number of morpholine rings is 1. The number of Topliss-reactive ketones (excluding diaryl/α,β-unsaturated/α-hetero) is 1. The maximum Gasteiger partial charge on any atom is 0.331 e. The zero-order valence-electron chi connectivity index (χ0n) is 18.8. The van der Waals surface area contributed by atoms with Crippen molar-refractivity contribution in [2.75, 3.05) is 51.0 Å². The highest BCUT2D eigenvalue weighted by Gasteiger charge is 2.23. The van der Waals surface area contributed by atoms with E-state index in [4.69, 9.17) is 14.2 Å². The Labute approximate surface area is 191 Å². The molecule has 1 N–H and O–H groups in total. The zero-order valence-corrected chi connectivity index (χ0v) is 19.6. The van der Waals surface area contributed by atoms with Crippen LogP contribution >= 0.6 is 11.7 Å². The van der Waals surface area contributed by atoms with Crippen LogP contribution in [0.5, 0.6) is 5.88 Å². The Bertz CT molecular complexity index is 800. The first-order valence-corrected chi connectivity index (χ1v) is 10.9. The van der Waals surface area contributed by atoms with Crippen LogP contribution in [0.2, 0.25) is 0 Å². The molecule has 178 valence electrons. The van der Waals surface area contributed by atoms with E-state index in [2.05, 4.69) is 18.8 Å². The molecule has 11 nitrogen and oxygen atoms in total. The predicted molar refractivity (Wildman–Crippen MR) is 117 cm³/mol. The molecule has 0 amide bonds. The summed E-state index contributed by atoms with van der Waals surface area (Å²) in [7, 11) is 0. The molecule has 0 saturated carbocycles. The van der Waals surface area contributed by atoms with Crippen molar-refractivity contribution in [1.82, 2.24) is 14.1 Å². The number of hydrogen-bond acceptors (Lipinski definition) is 12. The molecule has 1 aromatic rings. The van der Waals surface area contributed by atoms with Crippen LogP contribution in [-0.2, 0) is 28.6 Å². The first kappa shape index (κ1) is 25.7. The molecule has 0 radical (unpaired) electrons. The van der Waals surface area contributed by atoms with Crippen molar-refractivity contribution in [2.24, 2.45) is 0 Å². The van der Waals surface area contributed by atoms with Crippen LogP contribution in [0.25, 0.3) is 0 Å². The first-order chi connectivity index (χ1) is 15.1. The molecule has 1 aliphatic rings. The lowest BCUT2D eigenvalue weighted by atomic mass is 10.1. The average Bonchev–Trinajstić information content (AvgIpc) is 3.21. The number of esters is 2. The van der Waals surface area contributed by atoms with Crippen molar-refractivity contribution in [3.8, 4) is 5.88 Å². The van der Waals surface area contributed by atoms with Gasteiger partial charge in [-0.15, -0.1) is 4.37 Å². The van der Waals surface area contributed by atoms with Crippen LogP contribution in [0.1, 0.15) is 27.7 Å². The SMILES string of the molecule is CC(=O)COC(=O)/C=C/C(=O)O[C@@H](CNC(C)(C)C)COc1nsnc1N1CCOCC1. The number of carbonyl (C=O) groups is 3. The summed E-state index contributed by atoms with van der Waals surface area (Å²) in [5.41, 5.74) is -0.210. The Morgan fingerprint density at radius 3 is 2.53 bits per heavy atom. The molecule has 0 unspecified atom stereocenters. The molecule has 0 bridgehead atoms. The van der Waals surface area contributed by atoms with Gasteiger partial charge in [-0.2, -0.15) is 4.37 Å². The molecule has 1 aliphatic heterocycles. The van der Waals surface area contributed by atoms with Crippen LogP contribution in [-0.4, -0.2) is 84.2 Å². The van der Waals surface area contributed by atoms with E-state index < -0.39 is 18.0 Å². The van der Waals surface area contributed by atoms with Gasteiger partial charge in [0.25, 0.3) is 5.88 Å². The van der Waals surface area contributed by atoms with E-state index in [-0.39, 0.29) is 24.5 Å². The first-order valence-electron chi connectivity index (χ1n) is 10.2. The fraction of sp³-hybridized carbons (Fsp3) is 0.650. The zero-order chi connectivity index (χ0) is 23.6. The topological polar surface area (TPSA) is 129 Å². The van der Waals surface area contributed by atoms with Gasteiger partial charge in [0.05, 0.1) is 24.9 Å². The number of nitrogens with one attached hydrogen (secondary N) is 1. The highest BCUT2D eigenvalue weighted by molar-refractivity contribution is 6.99. The number of nitrogens with zero attached hydrogens (tertiary/aromatic N) is 3. The number of ether oxygens (including phenoxy) is 4. The minimum absolute atomic E-state index is 0.0419.